The maximum Gasteiger partial charge on any atom is 0.329 e. The first kappa shape index (κ1) is 18.7. The molecule has 0 unspecified atom stereocenters. The maximum atomic E-state index is 11.7. The Kier molecular flexibility index (Phi) is 5.52. The van der Waals surface area contributed by atoms with Crippen LogP contribution in [0, 0.1) is 0 Å². The molecule has 1 aliphatic rings. The fourth-order valence-electron chi connectivity index (χ4n) is 2.98. The second-order valence-electron chi connectivity index (χ2n) is 6.91. The van der Waals surface area contributed by atoms with E-state index in [9.17, 15) is 9.59 Å². The van der Waals surface area contributed by atoms with Crippen LogP contribution in [0.15, 0.2) is 71.8 Å². The highest BCUT2D eigenvalue weighted by Crippen LogP contribution is 2.22. The van der Waals surface area contributed by atoms with E-state index in [0.717, 1.165) is 29.2 Å². The highest BCUT2D eigenvalue weighted by Gasteiger charge is 2.26. The van der Waals surface area contributed by atoms with Gasteiger partial charge in [0.25, 0.3) is 0 Å². The van der Waals surface area contributed by atoms with Crippen LogP contribution in [0.4, 0.5) is 0 Å². The number of nitrogens with one attached hydrogen (secondary N) is 2. The van der Waals surface area contributed by atoms with E-state index in [2.05, 4.69) is 34.0 Å². The zero-order chi connectivity index (χ0) is 20.1. The molecule has 2 amide bonds. The minimum absolute atomic E-state index is 0.125. The van der Waals surface area contributed by atoms with E-state index in [1.165, 1.54) is 6.21 Å². The predicted octanol–water partition coefficient (Wildman–Crippen LogP) is 3.15. The van der Waals surface area contributed by atoms with E-state index in [4.69, 9.17) is 4.74 Å². The molecule has 2 N–H and O–H groups in total. The number of hydrogen-bond acceptors (Lipinski definition) is 4. The van der Waals surface area contributed by atoms with Crippen molar-refractivity contribution < 1.29 is 14.3 Å². The molecule has 0 heterocycles. The number of fused-ring (bicyclic) bond motifs is 1. The largest absolute Gasteiger partial charge is 0.488 e. The van der Waals surface area contributed by atoms with Crippen molar-refractivity contribution in [3.8, 4) is 5.75 Å². The van der Waals surface area contributed by atoms with E-state index in [1.807, 2.05) is 48.5 Å². The molecule has 0 saturated heterocycles. The molecule has 146 valence electrons. The molecule has 1 saturated carbocycles. The average Bonchev–Trinajstić information content (AvgIpc) is 3.57. The van der Waals surface area contributed by atoms with Crippen LogP contribution >= 0.6 is 0 Å². The van der Waals surface area contributed by atoms with Crippen LogP contribution in [-0.4, -0.2) is 24.1 Å². The molecule has 3 aromatic carbocycles. The number of rotatable bonds is 6. The van der Waals surface area contributed by atoms with Gasteiger partial charge in [-0.25, -0.2) is 5.43 Å². The third-order valence-electron chi connectivity index (χ3n) is 4.67. The van der Waals surface area contributed by atoms with Crippen molar-refractivity contribution in [1.82, 2.24) is 10.7 Å². The lowest BCUT2D eigenvalue weighted by Gasteiger charge is -2.11. The van der Waals surface area contributed by atoms with Crippen molar-refractivity contribution in [3.05, 3.63) is 77.9 Å². The summed E-state index contributed by atoms with van der Waals surface area (Å²) in [5.41, 5.74) is 4.04. The third kappa shape index (κ3) is 4.79. The number of carbonyl (C=O) groups is 2. The summed E-state index contributed by atoms with van der Waals surface area (Å²) in [6.45, 7) is 0.405. The molecule has 0 aromatic heterocycles. The van der Waals surface area contributed by atoms with Gasteiger partial charge < -0.3 is 10.1 Å². The fraction of sp³-hybridized carbons (Fsp3) is 0.174. The minimum Gasteiger partial charge on any atom is -0.488 e. The molecular formula is C23H21N3O3. The molecular weight excluding hydrogens is 366 g/mol. The van der Waals surface area contributed by atoms with Crippen LogP contribution in [0.5, 0.6) is 5.75 Å². The van der Waals surface area contributed by atoms with Gasteiger partial charge in [0, 0.05) is 11.6 Å². The van der Waals surface area contributed by atoms with E-state index >= 15 is 0 Å². The van der Waals surface area contributed by atoms with Crippen LogP contribution in [0.3, 0.4) is 0 Å². The number of para-hydroxylation sites is 1. The van der Waals surface area contributed by atoms with Gasteiger partial charge in [0.05, 0.1) is 6.21 Å². The molecule has 0 radical (unpaired) electrons. The Bertz CT molecular complexity index is 1070. The molecule has 3 aromatic rings. The number of ether oxygens (including phenoxy) is 1. The van der Waals surface area contributed by atoms with Crippen LogP contribution in [0.1, 0.15) is 24.0 Å². The number of carbonyl (C=O) groups excluding carboxylic acids is 2. The molecule has 29 heavy (non-hydrogen) atoms. The van der Waals surface area contributed by atoms with E-state index in [-0.39, 0.29) is 6.04 Å². The van der Waals surface area contributed by atoms with Crippen LogP contribution < -0.4 is 15.5 Å². The summed E-state index contributed by atoms with van der Waals surface area (Å²) in [6, 6.07) is 21.8. The van der Waals surface area contributed by atoms with E-state index in [0.29, 0.717) is 17.9 Å². The highest BCUT2D eigenvalue weighted by atomic mass is 16.5. The second-order valence-corrected chi connectivity index (χ2v) is 6.91. The third-order valence-corrected chi connectivity index (χ3v) is 4.67. The van der Waals surface area contributed by atoms with Crippen LogP contribution in [-0.2, 0) is 16.2 Å². The zero-order valence-corrected chi connectivity index (χ0v) is 15.8. The molecule has 0 atom stereocenters. The number of hydrazone groups is 1. The van der Waals surface area contributed by atoms with Crippen molar-refractivity contribution in [2.75, 3.05) is 0 Å². The monoisotopic (exact) mass is 387 g/mol. The van der Waals surface area contributed by atoms with Crippen molar-refractivity contribution >= 4 is 28.8 Å². The molecule has 6 heteroatoms. The van der Waals surface area contributed by atoms with Crippen molar-refractivity contribution in [3.63, 3.8) is 0 Å². The summed E-state index contributed by atoms with van der Waals surface area (Å²) < 4.78 is 6.01. The van der Waals surface area contributed by atoms with Crippen molar-refractivity contribution in [2.24, 2.45) is 5.10 Å². The SMILES string of the molecule is O=C(N/N=C\c1ccccc1OCc1cccc2ccccc12)C(=O)NC1CC1. The van der Waals surface area contributed by atoms with E-state index < -0.39 is 11.8 Å². The maximum absolute atomic E-state index is 11.7. The topological polar surface area (TPSA) is 79.8 Å². The summed E-state index contributed by atoms with van der Waals surface area (Å²) in [5.74, 6) is -0.798. The summed E-state index contributed by atoms with van der Waals surface area (Å²) >= 11 is 0. The first-order valence-corrected chi connectivity index (χ1v) is 9.53. The van der Waals surface area contributed by atoms with Gasteiger partial charge in [-0.05, 0) is 41.3 Å². The van der Waals surface area contributed by atoms with Gasteiger partial charge in [-0.2, -0.15) is 5.10 Å². The number of hydrogen-bond donors (Lipinski definition) is 2. The highest BCUT2D eigenvalue weighted by molar-refractivity contribution is 6.35. The van der Waals surface area contributed by atoms with Gasteiger partial charge in [0.1, 0.15) is 12.4 Å². The first-order valence-electron chi connectivity index (χ1n) is 9.53. The Labute approximate surface area is 168 Å². The number of benzene rings is 3. The van der Waals surface area contributed by atoms with Crippen LogP contribution in [0.25, 0.3) is 10.8 Å². The average molecular weight is 387 g/mol. The Balaban J connectivity index is 1.41. The minimum atomic E-state index is -0.776. The zero-order valence-electron chi connectivity index (χ0n) is 15.8. The lowest BCUT2D eigenvalue weighted by molar-refractivity contribution is -0.139. The molecule has 6 nitrogen and oxygen atoms in total. The van der Waals surface area contributed by atoms with Gasteiger partial charge in [0.15, 0.2) is 0 Å². The van der Waals surface area contributed by atoms with Crippen molar-refractivity contribution in [2.45, 2.75) is 25.5 Å². The lowest BCUT2D eigenvalue weighted by Crippen LogP contribution is -2.38. The molecule has 4 rings (SSSR count). The lowest BCUT2D eigenvalue weighted by atomic mass is 10.1. The Morgan fingerprint density at radius 3 is 2.59 bits per heavy atom. The first-order chi connectivity index (χ1) is 14.2. The molecule has 0 spiro atoms. The Hall–Kier alpha value is -3.67. The molecule has 0 aliphatic heterocycles. The number of amides is 2. The van der Waals surface area contributed by atoms with Crippen molar-refractivity contribution in [1.29, 1.82) is 0 Å². The standard InChI is InChI=1S/C23H21N3O3/c27-22(25-19-12-13-19)23(28)26-24-14-17-7-2-4-11-21(17)29-15-18-9-5-8-16-6-1-3-10-20(16)18/h1-11,14,19H,12-13,15H2,(H,25,27)(H,26,28)/b24-14-. The van der Waals surface area contributed by atoms with Gasteiger partial charge >= 0.3 is 11.8 Å². The summed E-state index contributed by atoms with van der Waals surface area (Å²) in [5, 5.41) is 8.82. The molecule has 1 aliphatic carbocycles. The number of nitrogens with zero attached hydrogens (tertiary/aromatic N) is 1. The quantitative estimate of drug-likeness (QED) is 0.387. The Morgan fingerprint density at radius 1 is 0.966 bits per heavy atom. The predicted molar refractivity (Wildman–Crippen MR) is 112 cm³/mol. The summed E-state index contributed by atoms with van der Waals surface area (Å²) in [6.07, 6.45) is 3.31. The summed E-state index contributed by atoms with van der Waals surface area (Å²) in [4.78, 5) is 23.4. The van der Waals surface area contributed by atoms with Gasteiger partial charge in [-0.15, -0.1) is 0 Å². The van der Waals surface area contributed by atoms with Gasteiger partial charge in [-0.1, -0.05) is 54.6 Å². The van der Waals surface area contributed by atoms with Crippen LogP contribution in [0.2, 0.25) is 0 Å². The molecule has 1 fully saturated rings. The Morgan fingerprint density at radius 2 is 1.72 bits per heavy atom. The second kappa shape index (κ2) is 8.56. The normalized spacial score (nSPS) is 13.4. The fourth-order valence-corrected chi connectivity index (χ4v) is 2.98. The van der Waals surface area contributed by atoms with Gasteiger partial charge in [0.2, 0.25) is 0 Å². The molecule has 0 bridgehead atoms. The van der Waals surface area contributed by atoms with E-state index in [1.54, 1.807) is 0 Å². The summed E-state index contributed by atoms with van der Waals surface area (Å²) in [7, 11) is 0. The smallest absolute Gasteiger partial charge is 0.329 e. The van der Waals surface area contributed by atoms with Gasteiger partial charge in [-0.3, -0.25) is 9.59 Å².